The van der Waals surface area contributed by atoms with Crippen molar-refractivity contribution in [2.24, 2.45) is 20.9 Å². The van der Waals surface area contributed by atoms with E-state index in [1.54, 1.807) is 36.4 Å². The van der Waals surface area contributed by atoms with Gasteiger partial charge in [-0.25, -0.2) is 20.0 Å². The van der Waals surface area contributed by atoms with Gasteiger partial charge in [-0.05, 0) is 72.5 Å². The minimum atomic E-state index is -0.837. The number of aromatic nitrogens is 4. The second-order valence-corrected chi connectivity index (χ2v) is 10.2. The molecule has 6 rings (SSSR count). The van der Waals surface area contributed by atoms with Crippen LogP contribution in [0.25, 0.3) is 33.7 Å². The molecule has 0 spiro atoms. The standard InChI is InChI=1S/C35H27N9O5/c1-37-30(36)28(34(46)44-48)41-31(38-23-10-6-3-7-11-23)22-14-18-25(19-15-22)49-24-16-12-21(13-17-24)27-26(20-8-4-2-5-9-20)39-29-32(40-27)42-35(47)43-33(29)45/h2-19,48H,1,36H2,(H,38,41)(H,44,46)(H2,40,42,43,45,47)/b30-28+. The van der Waals surface area contributed by atoms with Crippen LogP contribution in [0.5, 0.6) is 23.4 Å². The van der Waals surface area contributed by atoms with Crippen molar-refractivity contribution in [2.75, 3.05) is 5.32 Å². The Morgan fingerprint density at radius 2 is 1.33 bits per heavy atom. The Morgan fingerprint density at radius 3 is 1.96 bits per heavy atom. The van der Waals surface area contributed by atoms with Crippen LogP contribution in [-0.2, 0) is 0 Å². The van der Waals surface area contributed by atoms with Gasteiger partial charge in [-0.15, -0.1) is 0 Å². The molecule has 2 aromatic heterocycles. The van der Waals surface area contributed by atoms with Crippen molar-refractivity contribution in [1.29, 1.82) is 0 Å². The van der Waals surface area contributed by atoms with E-state index in [9.17, 15) is 15.3 Å². The first kappa shape index (κ1) is 31.6. The van der Waals surface area contributed by atoms with Crippen LogP contribution in [0.2, 0.25) is 0 Å². The Kier molecular flexibility index (Phi) is 9.01. The average Bonchev–Trinajstić information content (AvgIpc) is 3.13. The molecule has 0 atom stereocenters. The number of aromatic hydroxyl groups is 2. The highest BCUT2D eigenvalue weighted by atomic mass is 16.5. The lowest BCUT2D eigenvalue weighted by Crippen LogP contribution is -2.17. The van der Waals surface area contributed by atoms with Gasteiger partial charge in [0, 0.05) is 22.4 Å². The van der Waals surface area contributed by atoms with E-state index in [0.29, 0.717) is 39.7 Å². The number of aliphatic hydroxyl groups is 1. The zero-order valence-corrected chi connectivity index (χ0v) is 25.5. The monoisotopic (exact) mass is 653 g/mol. The molecule has 242 valence electrons. The van der Waals surface area contributed by atoms with Crippen molar-refractivity contribution in [1.82, 2.24) is 19.9 Å². The van der Waals surface area contributed by atoms with E-state index in [-0.39, 0.29) is 28.5 Å². The fourth-order valence-electron chi connectivity index (χ4n) is 4.70. The highest BCUT2D eigenvalue weighted by Crippen LogP contribution is 2.34. The number of nitrogens with two attached hydrogens (primary N) is 1. The Labute approximate surface area is 278 Å². The number of aliphatic hydroxyl groups excluding tert-OH is 1. The van der Waals surface area contributed by atoms with E-state index in [1.165, 1.54) is 0 Å². The first-order valence-corrected chi connectivity index (χ1v) is 14.5. The van der Waals surface area contributed by atoms with E-state index < -0.39 is 17.8 Å². The van der Waals surface area contributed by atoms with Gasteiger partial charge in [0.05, 0.1) is 11.4 Å². The molecule has 49 heavy (non-hydrogen) atoms. The number of aliphatic imine (C=N–C) groups is 2. The molecule has 0 aliphatic heterocycles. The number of hydrogen-bond donors (Lipinski definition) is 6. The third kappa shape index (κ3) is 7.07. The van der Waals surface area contributed by atoms with Crippen molar-refractivity contribution in [3.8, 4) is 45.9 Å². The second kappa shape index (κ2) is 14.0. The summed E-state index contributed by atoms with van der Waals surface area (Å²) >= 11 is 0. The van der Waals surface area contributed by atoms with Crippen LogP contribution in [-0.4, -0.2) is 58.9 Å². The molecule has 0 unspecified atom stereocenters. The summed E-state index contributed by atoms with van der Waals surface area (Å²) in [6, 6.07) is 32.0. The zero-order valence-electron chi connectivity index (χ0n) is 25.5. The summed E-state index contributed by atoms with van der Waals surface area (Å²) in [7, 11) is 0. The van der Waals surface area contributed by atoms with Gasteiger partial charge in [0.25, 0.3) is 5.90 Å². The topological polar surface area (TPSA) is 217 Å². The molecule has 2 heterocycles. The number of oxime groups is 1. The molecule has 0 aliphatic carbocycles. The number of nitrogens with zero attached hydrogens (tertiary/aromatic N) is 7. The quantitative estimate of drug-likeness (QED) is 0.0461. The van der Waals surface area contributed by atoms with Crippen LogP contribution in [0.3, 0.4) is 0 Å². The van der Waals surface area contributed by atoms with E-state index in [2.05, 4.69) is 47.1 Å². The van der Waals surface area contributed by atoms with Crippen LogP contribution in [0.15, 0.2) is 136 Å². The van der Waals surface area contributed by atoms with Crippen molar-refractivity contribution in [2.45, 2.75) is 0 Å². The molecule has 0 saturated heterocycles. The number of ether oxygens (including phenoxy) is 1. The smallest absolute Gasteiger partial charge is 0.319 e. The summed E-state index contributed by atoms with van der Waals surface area (Å²) in [4.78, 5) is 24.8. The Morgan fingerprint density at radius 1 is 0.735 bits per heavy atom. The van der Waals surface area contributed by atoms with E-state index in [4.69, 9.17) is 15.7 Å². The number of nitrogens with one attached hydrogen (secondary N) is 1. The van der Waals surface area contributed by atoms with Gasteiger partial charge in [0.15, 0.2) is 22.7 Å². The first-order chi connectivity index (χ1) is 23.8. The first-order valence-electron chi connectivity index (χ1n) is 14.5. The number of rotatable bonds is 9. The number of para-hydroxylation sites is 1. The second-order valence-electron chi connectivity index (χ2n) is 10.2. The van der Waals surface area contributed by atoms with Gasteiger partial charge in [-0.2, -0.15) is 9.97 Å². The van der Waals surface area contributed by atoms with E-state index in [0.717, 1.165) is 5.56 Å². The van der Waals surface area contributed by atoms with E-state index >= 15 is 0 Å². The lowest BCUT2D eigenvalue weighted by atomic mass is 10.0. The Hall–Kier alpha value is -7.35. The lowest BCUT2D eigenvalue weighted by Gasteiger charge is -2.13. The molecule has 14 heteroatoms. The molecule has 0 amide bonds. The normalized spacial score (nSPS) is 12.3. The predicted octanol–water partition coefficient (Wildman–Crippen LogP) is 5.99. The number of fused-ring (bicyclic) bond motifs is 1. The van der Waals surface area contributed by atoms with Gasteiger partial charge in [0.1, 0.15) is 17.3 Å². The molecule has 4 aromatic carbocycles. The molecule has 0 bridgehead atoms. The highest BCUT2D eigenvalue weighted by molar-refractivity contribution is 6.10. The highest BCUT2D eigenvalue weighted by Gasteiger charge is 2.18. The molecule has 0 saturated carbocycles. The van der Waals surface area contributed by atoms with Crippen molar-refractivity contribution >= 4 is 35.3 Å². The van der Waals surface area contributed by atoms with Crippen LogP contribution < -0.4 is 15.8 Å². The van der Waals surface area contributed by atoms with Gasteiger partial charge >= 0.3 is 6.01 Å². The lowest BCUT2D eigenvalue weighted by molar-refractivity contribution is 0.302. The van der Waals surface area contributed by atoms with E-state index in [1.807, 2.05) is 72.8 Å². The van der Waals surface area contributed by atoms with Crippen LogP contribution in [0, 0.1) is 0 Å². The van der Waals surface area contributed by atoms with Crippen molar-refractivity contribution < 1.29 is 25.3 Å². The Balaban J connectivity index is 1.30. The number of benzene rings is 4. The SMILES string of the molecule is C=N/C(N)=C(N=C(Nc1ccccc1)c1ccc(Oc2ccc(-c3nc4nc(O)nc(O)c4nc3-c3ccccc3)cc2)cc1)\C(O)=N/O. The third-order valence-electron chi connectivity index (χ3n) is 7.02. The molecule has 0 aliphatic rings. The minimum absolute atomic E-state index is 0.0367. The molecular formula is C35H27N9O5. The maximum absolute atomic E-state index is 10.3. The molecule has 6 aromatic rings. The number of hydrogen-bond acceptors (Lipinski definition) is 12. The summed E-state index contributed by atoms with van der Waals surface area (Å²) in [6.07, 6.45) is 0. The molecule has 0 fully saturated rings. The zero-order chi connectivity index (χ0) is 34.3. The summed E-state index contributed by atoms with van der Waals surface area (Å²) < 4.78 is 6.10. The van der Waals surface area contributed by atoms with Gasteiger partial charge in [-0.3, -0.25) is 0 Å². The van der Waals surface area contributed by atoms with Crippen LogP contribution in [0.4, 0.5) is 5.69 Å². The number of amidine groups is 1. The molecule has 0 radical (unpaired) electrons. The maximum Gasteiger partial charge on any atom is 0.319 e. The maximum atomic E-state index is 10.3. The van der Waals surface area contributed by atoms with Crippen LogP contribution >= 0.6 is 0 Å². The average molecular weight is 654 g/mol. The molecular weight excluding hydrogens is 626 g/mol. The summed E-state index contributed by atoms with van der Waals surface area (Å²) in [6.45, 7) is 3.36. The van der Waals surface area contributed by atoms with Crippen molar-refractivity contribution in [3.05, 3.63) is 126 Å². The van der Waals surface area contributed by atoms with Crippen molar-refractivity contribution in [3.63, 3.8) is 0 Å². The van der Waals surface area contributed by atoms with Gasteiger partial charge in [0.2, 0.25) is 5.88 Å². The summed E-state index contributed by atoms with van der Waals surface area (Å²) in [5.74, 6) is -0.265. The third-order valence-corrected chi connectivity index (χ3v) is 7.02. The summed E-state index contributed by atoms with van der Waals surface area (Å²) in [5, 5.41) is 45.4. The van der Waals surface area contributed by atoms with Crippen LogP contribution in [0.1, 0.15) is 5.56 Å². The Bertz CT molecular complexity index is 2230. The van der Waals surface area contributed by atoms with Gasteiger partial charge in [-0.1, -0.05) is 48.5 Å². The number of anilines is 1. The summed E-state index contributed by atoms with van der Waals surface area (Å²) in [5.41, 5.74) is 9.35. The largest absolute Gasteiger partial charge is 0.492 e. The predicted molar refractivity (Wildman–Crippen MR) is 185 cm³/mol. The molecule has 7 N–H and O–H groups in total. The molecule has 14 nitrogen and oxygen atoms in total. The van der Waals surface area contributed by atoms with Gasteiger partial charge < -0.3 is 36.3 Å². The fraction of sp³-hybridized carbons (Fsp3) is 0. The minimum Gasteiger partial charge on any atom is -0.492 e. The fourth-order valence-corrected chi connectivity index (χ4v) is 4.70.